The fourth-order valence-electron chi connectivity index (χ4n) is 3.53. The Hall–Kier alpha value is -2.32. The summed E-state index contributed by atoms with van der Waals surface area (Å²) in [6, 6.07) is 7.09. The molecule has 1 saturated heterocycles. The number of hydrogen-bond acceptors (Lipinski definition) is 6. The van der Waals surface area contributed by atoms with Gasteiger partial charge in [0.1, 0.15) is 22.9 Å². The van der Waals surface area contributed by atoms with Gasteiger partial charge >= 0.3 is 0 Å². The number of hydrogen-bond donors (Lipinski definition) is 1. The van der Waals surface area contributed by atoms with Crippen molar-refractivity contribution in [2.24, 2.45) is 16.6 Å². The molecule has 0 spiro atoms. The van der Waals surface area contributed by atoms with Crippen molar-refractivity contribution in [3.63, 3.8) is 0 Å². The van der Waals surface area contributed by atoms with E-state index in [1.165, 1.54) is 30.0 Å². The lowest BCUT2D eigenvalue weighted by Gasteiger charge is -2.34. The molecule has 4 rings (SSSR count). The van der Waals surface area contributed by atoms with Crippen LogP contribution >= 0.6 is 11.8 Å². The Morgan fingerprint density at radius 2 is 2.19 bits per heavy atom. The first-order valence-electron chi connectivity index (χ1n) is 8.47. The van der Waals surface area contributed by atoms with Crippen LogP contribution in [0.15, 0.2) is 41.5 Å². The number of thioether (sulfide) groups is 1. The number of nitrogens with two attached hydrogens (primary N) is 1. The number of Topliss-reactive ketones (excluding diaryl/α,β-unsaturated/α-hetero) is 1. The van der Waals surface area contributed by atoms with Crippen molar-refractivity contribution in [1.29, 1.82) is 0 Å². The Morgan fingerprint density at radius 3 is 2.96 bits per heavy atom. The lowest BCUT2D eigenvalue weighted by Crippen LogP contribution is -2.40. The van der Waals surface area contributed by atoms with E-state index in [0.29, 0.717) is 28.7 Å². The van der Waals surface area contributed by atoms with Crippen LogP contribution in [0.3, 0.4) is 0 Å². The van der Waals surface area contributed by atoms with Crippen LogP contribution in [0.2, 0.25) is 0 Å². The molecule has 140 valence electrons. The van der Waals surface area contributed by atoms with Gasteiger partial charge in [0.15, 0.2) is 11.0 Å². The number of ether oxygens (including phenoxy) is 1. The first-order valence-corrected chi connectivity index (χ1v) is 9.46. The molecule has 0 aliphatic carbocycles. The van der Waals surface area contributed by atoms with Crippen LogP contribution < -0.4 is 5.73 Å². The first-order chi connectivity index (χ1) is 13.0. The van der Waals surface area contributed by atoms with Crippen LogP contribution in [-0.2, 0) is 16.7 Å². The molecule has 0 radical (unpaired) electrons. The van der Waals surface area contributed by atoms with Gasteiger partial charge in [0.2, 0.25) is 0 Å². The zero-order chi connectivity index (χ0) is 19.0. The maximum Gasteiger partial charge on any atom is 0.185 e. The van der Waals surface area contributed by atoms with E-state index in [0.717, 1.165) is 6.20 Å². The SMILES string of the molecule is NC1=NC2(c3cc(CC(=O)c4ccc(F)cn4)ccc3F)COCC2CS1. The molecule has 0 amide bonds. The third-order valence-corrected chi connectivity index (χ3v) is 5.89. The molecule has 2 N–H and O–H groups in total. The Kier molecular flexibility index (Phi) is 4.69. The second-order valence-electron chi connectivity index (χ2n) is 6.67. The van der Waals surface area contributed by atoms with Crippen LogP contribution in [0.4, 0.5) is 8.78 Å². The van der Waals surface area contributed by atoms with E-state index in [1.54, 1.807) is 12.1 Å². The molecule has 1 fully saturated rings. The predicted octanol–water partition coefficient (Wildman–Crippen LogP) is 2.69. The zero-order valence-corrected chi connectivity index (χ0v) is 15.1. The van der Waals surface area contributed by atoms with Gasteiger partial charge in [0, 0.05) is 23.7 Å². The van der Waals surface area contributed by atoms with Gasteiger partial charge in [-0.2, -0.15) is 0 Å². The van der Waals surface area contributed by atoms with Crippen molar-refractivity contribution >= 4 is 22.7 Å². The second-order valence-corrected chi connectivity index (χ2v) is 7.71. The predicted molar refractivity (Wildman–Crippen MR) is 98.7 cm³/mol. The molecule has 8 heteroatoms. The average Bonchev–Trinajstić information content (AvgIpc) is 3.07. The molecule has 27 heavy (non-hydrogen) atoms. The fraction of sp³-hybridized carbons (Fsp3) is 0.316. The van der Waals surface area contributed by atoms with Crippen LogP contribution in [0.25, 0.3) is 0 Å². The van der Waals surface area contributed by atoms with Crippen molar-refractivity contribution in [3.05, 3.63) is 65.0 Å². The van der Waals surface area contributed by atoms with Gasteiger partial charge in [-0.15, -0.1) is 0 Å². The summed E-state index contributed by atoms with van der Waals surface area (Å²) in [6.07, 6.45) is 1.03. The number of nitrogens with zero attached hydrogens (tertiary/aromatic N) is 2. The second kappa shape index (κ2) is 7.01. The Morgan fingerprint density at radius 1 is 1.33 bits per heavy atom. The summed E-state index contributed by atoms with van der Waals surface area (Å²) in [5, 5.41) is 0.410. The minimum Gasteiger partial charge on any atom is -0.379 e. The number of rotatable bonds is 4. The average molecular weight is 389 g/mol. The molecule has 1 aromatic carbocycles. The molecule has 2 unspecified atom stereocenters. The van der Waals surface area contributed by atoms with E-state index in [2.05, 4.69) is 9.98 Å². The fourth-order valence-corrected chi connectivity index (χ4v) is 4.50. The normalized spacial score (nSPS) is 24.4. The lowest BCUT2D eigenvalue weighted by atomic mass is 9.80. The molecular weight excluding hydrogens is 372 g/mol. The highest BCUT2D eigenvalue weighted by Crippen LogP contribution is 2.45. The number of carbonyl (C=O) groups excluding carboxylic acids is 1. The summed E-state index contributed by atoms with van der Waals surface area (Å²) in [7, 11) is 0. The number of pyridine rings is 1. The zero-order valence-electron chi connectivity index (χ0n) is 14.3. The standard InChI is InChI=1S/C19H17F2N3O2S/c20-13-2-4-16(23-7-13)17(25)6-11-1-3-15(21)14(5-11)19-10-26-8-12(19)9-27-18(22)24-19/h1-5,7,12H,6,8-10H2,(H2,22,24). The minimum atomic E-state index is -0.855. The Bertz CT molecular complexity index is 920. The summed E-state index contributed by atoms with van der Waals surface area (Å²) in [6.45, 7) is 0.749. The number of carbonyl (C=O) groups is 1. The largest absolute Gasteiger partial charge is 0.379 e. The molecule has 0 bridgehead atoms. The van der Waals surface area contributed by atoms with E-state index in [4.69, 9.17) is 10.5 Å². The Labute approximate surface area is 159 Å². The number of ketones is 1. The Balaban J connectivity index is 1.67. The van der Waals surface area contributed by atoms with Crippen molar-refractivity contribution in [2.45, 2.75) is 12.0 Å². The molecule has 0 saturated carbocycles. The summed E-state index contributed by atoms with van der Waals surface area (Å²) in [5.74, 6) is -0.449. The summed E-state index contributed by atoms with van der Waals surface area (Å²) in [5.41, 5.74) is 6.25. The van der Waals surface area contributed by atoms with E-state index >= 15 is 0 Å². The highest BCUT2D eigenvalue weighted by molar-refractivity contribution is 8.13. The number of halogens is 2. The van der Waals surface area contributed by atoms with Gasteiger partial charge in [-0.05, 0) is 29.8 Å². The van der Waals surface area contributed by atoms with Gasteiger partial charge in [-0.25, -0.2) is 13.8 Å². The van der Waals surface area contributed by atoms with Gasteiger partial charge in [-0.1, -0.05) is 17.8 Å². The topological polar surface area (TPSA) is 77.6 Å². The molecule has 3 heterocycles. The number of amidine groups is 1. The van der Waals surface area contributed by atoms with Crippen molar-refractivity contribution in [1.82, 2.24) is 4.98 Å². The summed E-state index contributed by atoms with van der Waals surface area (Å²) >= 11 is 1.44. The number of aliphatic imine (C=N–C) groups is 1. The molecule has 1 aromatic heterocycles. The van der Waals surface area contributed by atoms with Crippen LogP contribution in [0.1, 0.15) is 21.6 Å². The summed E-state index contributed by atoms with van der Waals surface area (Å²) in [4.78, 5) is 20.8. The van der Waals surface area contributed by atoms with Crippen LogP contribution in [-0.4, -0.2) is 34.9 Å². The quantitative estimate of drug-likeness (QED) is 0.814. The van der Waals surface area contributed by atoms with Crippen molar-refractivity contribution in [2.75, 3.05) is 19.0 Å². The van der Waals surface area contributed by atoms with Gasteiger partial charge in [-0.3, -0.25) is 9.78 Å². The molecule has 2 aromatic rings. The third kappa shape index (κ3) is 3.35. The first kappa shape index (κ1) is 18.1. The maximum absolute atomic E-state index is 14.7. The van der Waals surface area contributed by atoms with E-state index in [1.807, 2.05) is 0 Å². The monoisotopic (exact) mass is 389 g/mol. The molecule has 2 aliphatic heterocycles. The molecular formula is C19H17F2N3O2S. The number of benzene rings is 1. The third-order valence-electron chi connectivity index (χ3n) is 4.93. The van der Waals surface area contributed by atoms with Gasteiger partial charge in [0.05, 0.1) is 19.4 Å². The minimum absolute atomic E-state index is 0.0222. The summed E-state index contributed by atoms with van der Waals surface area (Å²) < 4.78 is 33.3. The van der Waals surface area contributed by atoms with Crippen molar-refractivity contribution < 1.29 is 18.3 Å². The van der Waals surface area contributed by atoms with E-state index in [9.17, 15) is 13.6 Å². The lowest BCUT2D eigenvalue weighted by molar-refractivity contribution is 0.0988. The van der Waals surface area contributed by atoms with Crippen molar-refractivity contribution in [3.8, 4) is 0 Å². The van der Waals surface area contributed by atoms with Crippen LogP contribution in [0.5, 0.6) is 0 Å². The van der Waals surface area contributed by atoms with Crippen LogP contribution in [0, 0.1) is 17.6 Å². The number of fused-ring (bicyclic) bond motifs is 1. The highest BCUT2D eigenvalue weighted by atomic mass is 32.2. The van der Waals surface area contributed by atoms with E-state index < -0.39 is 17.2 Å². The van der Waals surface area contributed by atoms with Gasteiger partial charge in [0.25, 0.3) is 0 Å². The van der Waals surface area contributed by atoms with Gasteiger partial charge < -0.3 is 10.5 Å². The maximum atomic E-state index is 14.7. The molecule has 2 atom stereocenters. The molecule has 5 nitrogen and oxygen atoms in total. The smallest absolute Gasteiger partial charge is 0.185 e. The van der Waals surface area contributed by atoms with E-state index in [-0.39, 0.29) is 30.4 Å². The number of aromatic nitrogens is 1. The highest BCUT2D eigenvalue weighted by Gasteiger charge is 2.49. The molecule has 2 aliphatic rings.